The summed E-state index contributed by atoms with van der Waals surface area (Å²) in [6.45, 7) is -0.127. The van der Waals surface area contributed by atoms with Crippen LogP contribution >= 0.6 is 0 Å². The number of non-ortho nitro benzene ring substituents is 1. The van der Waals surface area contributed by atoms with Crippen molar-refractivity contribution >= 4 is 29.2 Å². The molecule has 0 bridgehead atoms. The van der Waals surface area contributed by atoms with Crippen molar-refractivity contribution < 1.29 is 24.2 Å². The van der Waals surface area contributed by atoms with Crippen LogP contribution in [0.15, 0.2) is 54.6 Å². The highest BCUT2D eigenvalue weighted by Crippen LogP contribution is 2.19. The number of hydrogen-bond acceptors (Lipinski definition) is 7. The van der Waals surface area contributed by atoms with E-state index in [0.717, 1.165) is 6.08 Å². The molecule has 9 heteroatoms. The summed E-state index contributed by atoms with van der Waals surface area (Å²) in [4.78, 5) is 43.8. The number of esters is 1. The molecule has 0 spiro atoms. The first-order valence-corrected chi connectivity index (χ1v) is 7.70. The molecular formula is C18H14N2O7. The Morgan fingerprint density at radius 1 is 0.963 bits per heavy atom. The number of carbonyl (C=O) groups excluding carboxylic acids is 2. The lowest BCUT2D eigenvalue weighted by atomic mass is 10.1. The topological polar surface area (TPSA) is 130 Å². The summed E-state index contributed by atoms with van der Waals surface area (Å²) >= 11 is 0. The summed E-state index contributed by atoms with van der Waals surface area (Å²) in [7, 11) is 0. The molecule has 0 heterocycles. The molecular weight excluding hydrogens is 356 g/mol. The van der Waals surface area contributed by atoms with Gasteiger partial charge in [0.2, 0.25) is 0 Å². The molecule has 0 aliphatic rings. The zero-order valence-electron chi connectivity index (χ0n) is 13.9. The number of benzene rings is 2. The average Bonchev–Trinajstić information content (AvgIpc) is 2.65. The summed E-state index contributed by atoms with van der Waals surface area (Å²) in [6, 6.07) is 11.3. The third kappa shape index (κ3) is 5.85. The van der Waals surface area contributed by atoms with E-state index in [4.69, 9.17) is 4.74 Å². The molecule has 0 unspecified atom stereocenters. The average molecular weight is 370 g/mol. The maximum absolute atomic E-state index is 11.8. The number of carbonyl (C=O) groups is 2. The second-order valence-corrected chi connectivity index (χ2v) is 5.38. The van der Waals surface area contributed by atoms with Gasteiger partial charge in [-0.05, 0) is 35.9 Å². The number of para-hydroxylation sites is 1. The predicted molar refractivity (Wildman–Crippen MR) is 94.6 cm³/mol. The Bertz CT molecular complexity index is 904. The number of nitro benzene ring substituents is 2. The van der Waals surface area contributed by atoms with Crippen LogP contribution in [0, 0.1) is 20.2 Å². The minimum atomic E-state index is -0.773. The molecule has 0 saturated carbocycles. The Morgan fingerprint density at radius 3 is 2.26 bits per heavy atom. The molecule has 0 aromatic heterocycles. The highest BCUT2D eigenvalue weighted by Gasteiger charge is 2.12. The Labute approximate surface area is 153 Å². The van der Waals surface area contributed by atoms with Gasteiger partial charge in [0, 0.05) is 18.2 Å². The smallest absolute Gasteiger partial charge is 0.314 e. The first-order chi connectivity index (χ1) is 12.9. The third-order valence-corrected chi connectivity index (χ3v) is 3.45. The zero-order chi connectivity index (χ0) is 19.8. The second kappa shape index (κ2) is 8.99. The number of nitro groups is 2. The number of rotatable bonds is 8. The summed E-state index contributed by atoms with van der Waals surface area (Å²) in [6.07, 6.45) is 1.82. The second-order valence-electron chi connectivity index (χ2n) is 5.38. The van der Waals surface area contributed by atoms with Crippen LogP contribution < -0.4 is 0 Å². The third-order valence-electron chi connectivity index (χ3n) is 3.45. The minimum absolute atomic E-state index is 0.0830. The fourth-order valence-electron chi connectivity index (χ4n) is 2.11. The fraction of sp³-hybridized carbons (Fsp3) is 0.111. The normalized spacial score (nSPS) is 10.5. The predicted octanol–water partition coefficient (Wildman–Crippen LogP) is 3.22. The molecule has 2 aromatic carbocycles. The molecule has 2 rings (SSSR count). The van der Waals surface area contributed by atoms with Crippen molar-refractivity contribution in [1.29, 1.82) is 0 Å². The largest absolute Gasteiger partial charge is 0.460 e. The number of hydrogen-bond donors (Lipinski definition) is 0. The standard InChI is InChI=1S/C18H14N2O7/c21-16(10-7-14-3-1-2-4-17(14)20(25)26)11-18(22)27-12-13-5-8-15(9-6-13)19(23)24/h1-10H,11-12H2. The van der Waals surface area contributed by atoms with Crippen molar-refractivity contribution in [1.82, 2.24) is 0 Å². The Balaban J connectivity index is 1.87. The van der Waals surface area contributed by atoms with E-state index in [0.29, 0.717) is 5.56 Å². The number of allylic oxidation sites excluding steroid dienone is 1. The van der Waals surface area contributed by atoms with Crippen molar-refractivity contribution in [2.75, 3.05) is 0 Å². The molecule has 0 radical (unpaired) electrons. The molecule has 0 saturated heterocycles. The maximum atomic E-state index is 11.8. The molecule has 0 atom stereocenters. The molecule has 27 heavy (non-hydrogen) atoms. The van der Waals surface area contributed by atoms with Gasteiger partial charge in [0.25, 0.3) is 11.4 Å². The zero-order valence-corrected chi connectivity index (χ0v) is 13.9. The van der Waals surface area contributed by atoms with Crippen molar-refractivity contribution in [3.05, 3.63) is 86.0 Å². The van der Waals surface area contributed by atoms with Crippen LogP contribution in [0.4, 0.5) is 11.4 Å². The first-order valence-electron chi connectivity index (χ1n) is 7.70. The van der Waals surface area contributed by atoms with Gasteiger partial charge in [-0.15, -0.1) is 0 Å². The van der Waals surface area contributed by atoms with Crippen molar-refractivity contribution in [2.24, 2.45) is 0 Å². The number of ketones is 1. The lowest BCUT2D eigenvalue weighted by Gasteiger charge is -2.03. The van der Waals surface area contributed by atoms with E-state index in [2.05, 4.69) is 0 Å². The van der Waals surface area contributed by atoms with E-state index in [1.165, 1.54) is 48.5 Å². The Hall–Kier alpha value is -3.88. The van der Waals surface area contributed by atoms with E-state index >= 15 is 0 Å². The quantitative estimate of drug-likeness (QED) is 0.229. The summed E-state index contributed by atoms with van der Waals surface area (Å²) in [5.74, 6) is -1.34. The van der Waals surface area contributed by atoms with Gasteiger partial charge < -0.3 is 4.74 Å². The van der Waals surface area contributed by atoms with Gasteiger partial charge in [-0.2, -0.15) is 0 Å². The summed E-state index contributed by atoms with van der Waals surface area (Å²) in [5, 5.41) is 21.5. The van der Waals surface area contributed by atoms with Crippen LogP contribution in [0.2, 0.25) is 0 Å². The van der Waals surface area contributed by atoms with E-state index in [1.54, 1.807) is 6.07 Å². The van der Waals surface area contributed by atoms with Gasteiger partial charge in [0.05, 0.1) is 15.4 Å². The molecule has 0 fully saturated rings. The molecule has 138 valence electrons. The van der Waals surface area contributed by atoms with Gasteiger partial charge in [-0.3, -0.25) is 29.8 Å². The van der Waals surface area contributed by atoms with Crippen molar-refractivity contribution in [3.8, 4) is 0 Å². The van der Waals surface area contributed by atoms with E-state index in [1.807, 2.05) is 0 Å². The van der Waals surface area contributed by atoms with E-state index in [9.17, 15) is 29.8 Å². The van der Waals surface area contributed by atoms with Crippen LogP contribution in [0.3, 0.4) is 0 Å². The number of ether oxygens (including phenoxy) is 1. The van der Waals surface area contributed by atoms with Gasteiger partial charge >= 0.3 is 5.97 Å². The summed E-state index contributed by atoms with van der Waals surface area (Å²) < 4.78 is 4.94. The Morgan fingerprint density at radius 2 is 1.63 bits per heavy atom. The molecule has 0 aliphatic heterocycles. The van der Waals surface area contributed by atoms with Crippen molar-refractivity contribution in [2.45, 2.75) is 13.0 Å². The van der Waals surface area contributed by atoms with Gasteiger partial charge in [-0.1, -0.05) is 12.1 Å². The van der Waals surface area contributed by atoms with Crippen LogP contribution in [0.25, 0.3) is 6.08 Å². The first kappa shape index (κ1) is 19.4. The lowest BCUT2D eigenvalue weighted by Crippen LogP contribution is -2.09. The van der Waals surface area contributed by atoms with E-state index in [-0.39, 0.29) is 23.5 Å². The SMILES string of the molecule is O=C(C=Cc1ccccc1[N+](=O)[O-])CC(=O)OCc1ccc([N+](=O)[O-])cc1. The fourth-order valence-corrected chi connectivity index (χ4v) is 2.11. The van der Waals surface area contributed by atoms with Crippen LogP contribution in [-0.4, -0.2) is 21.6 Å². The highest BCUT2D eigenvalue weighted by molar-refractivity contribution is 6.04. The lowest BCUT2D eigenvalue weighted by molar-refractivity contribution is -0.385. The van der Waals surface area contributed by atoms with Crippen LogP contribution in [0.5, 0.6) is 0 Å². The van der Waals surface area contributed by atoms with Crippen LogP contribution in [-0.2, 0) is 20.9 Å². The maximum Gasteiger partial charge on any atom is 0.314 e. The van der Waals surface area contributed by atoms with E-state index < -0.39 is 28.0 Å². The van der Waals surface area contributed by atoms with Crippen LogP contribution in [0.1, 0.15) is 17.5 Å². The molecule has 2 aromatic rings. The van der Waals surface area contributed by atoms with Gasteiger partial charge in [0.15, 0.2) is 5.78 Å². The number of nitrogens with zero attached hydrogens (tertiary/aromatic N) is 2. The van der Waals surface area contributed by atoms with Gasteiger partial charge in [-0.25, -0.2) is 0 Å². The van der Waals surface area contributed by atoms with Gasteiger partial charge in [0.1, 0.15) is 13.0 Å². The minimum Gasteiger partial charge on any atom is -0.460 e. The monoisotopic (exact) mass is 370 g/mol. The van der Waals surface area contributed by atoms with Crippen molar-refractivity contribution in [3.63, 3.8) is 0 Å². The highest BCUT2D eigenvalue weighted by atomic mass is 16.6. The molecule has 0 N–H and O–H groups in total. The molecule has 9 nitrogen and oxygen atoms in total. The molecule has 0 amide bonds. The molecule has 0 aliphatic carbocycles. The summed E-state index contributed by atoms with van der Waals surface area (Å²) in [5.41, 5.74) is 0.551. The Kier molecular flexibility index (Phi) is 6.48.